The molecule has 4 N–H and O–H groups in total. The number of hydrogen-bond acceptors (Lipinski definition) is 8. The number of aliphatic hydroxyl groups excluding tert-OH is 2. The van der Waals surface area contributed by atoms with E-state index < -0.39 is 57.4 Å². The second kappa shape index (κ2) is 9.05. The van der Waals surface area contributed by atoms with Crippen molar-refractivity contribution in [1.29, 1.82) is 5.26 Å². The Morgan fingerprint density at radius 1 is 1.30 bits per heavy atom. The van der Waals surface area contributed by atoms with Gasteiger partial charge in [0.2, 0.25) is 0 Å². The number of anilines is 1. The lowest BCUT2D eigenvalue weighted by Gasteiger charge is -2.22. The molecule has 4 rings (SSSR count). The highest BCUT2D eigenvalue weighted by Crippen LogP contribution is 2.40. The number of rotatable bonds is 6. The molecule has 11 nitrogen and oxygen atoms in total. The summed E-state index contributed by atoms with van der Waals surface area (Å²) in [5.74, 6) is 0. The van der Waals surface area contributed by atoms with Crippen molar-refractivity contribution in [2.75, 3.05) is 30.9 Å². The third-order valence-electron chi connectivity index (χ3n) is 5.55. The van der Waals surface area contributed by atoms with E-state index in [0.29, 0.717) is 5.39 Å². The van der Waals surface area contributed by atoms with Gasteiger partial charge in [-0.1, -0.05) is 11.6 Å². The van der Waals surface area contributed by atoms with E-state index >= 15 is 0 Å². The normalized spacial score (nSPS) is 30.3. The van der Waals surface area contributed by atoms with E-state index in [9.17, 15) is 28.8 Å². The largest absolute Gasteiger partial charge is 0.387 e. The van der Waals surface area contributed by atoms with Crippen LogP contribution in [0.15, 0.2) is 12.3 Å². The first-order chi connectivity index (χ1) is 15.5. The summed E-state index contributed by atoms with van der Waals surface area (Å²) in [6.07, 6.45) is -8.11. The van der Waals surface area contributed by atoms with Crippen LogP contribution in [0.25, 0.3) is 11.0 Å². The summed E-state index contributed by atoms with van der Waals surface area (Å²) in [5.41, 5.74) is 0.281. The fourth-order valence-electron chi connectivity index (χ4n) is 4.05. The summed E-state index contributed by atoms with van der Waals surface area (Å²) in [4.78, 5) is 23.3. The third kappa shape index (κ3) is 4.58. The van der Waals surface area contributed by atoms with Gasteiger partial charge in [0.15, 0.2) is 23.7 Å². The zero-order valence-electron chi connectivity index (χ0n) is 16.8. The SMILES string of the molecule is N#Cc1c(Cl)nc2c(ccn2[C@@H]2O[C@H](COCP(=O)(O)O)[C@@H](O)[C@H]2O)c1N1C[C@@H](F)[C@@H](F)C1. The Hall–Kier alpha value is -1.88. The van der Waals surface area contributed by atoms with Gasteiger partial charge in [-0.2, -0.15) is 5.26 Å². The highest BCUT2D eigenvalue weighted by molar-refractivity contribution is 7.51. The van der Waals surface area contributed by atoms with Crippen LogP contribution in [0.2, 0.25) is 5.15 Å². The molecular formula is C18H20ClF2N4O7P. The van der Waals surface area contributed by atoms with Gasteiger partial charge < -0.3 is 38.9 Å². The zero-order chi connectivity index (χ0) is 24.1. The van der Waals surface area contributed by atoms with Crippen LogP contribution in [0.1, 0.15) is 11.8 Å². The molecule has 33 heavy (non-hydrogen) atoms. The van der Waals surface area contributed by atoms with Gasteiger partial charge in [-0.15, -0.1) is 0 Å². The van der Waals surface area contributed by atoms with Crippen LogP contribution in [0.5, 0.6) is 0 Å². The first-order valence-electron chi connectivity index (χ1n) is 9.79. The van der Waals surface area contributed by atoms with E-state index in [-0.39, 0.29) is 35.1 Å². The van der Waals surface area contributed by atoms with E-state index in [1.54, 1.807) is 0 Å². The van der Waals surface area contributed by atoms with Crippen LogP contribution in [0, 0.1) is 11.3 Å². The molecular weight excluding hydrogens is 489 g/mol. The number of fused-ring (bicyclic) bond motifs is 1. The van der Waals surface area contributed by atoms with Gasteiger partial charge in [0.25, 0.3) is 0 Å². The van der Waals surface area contributed by atoms with Crippen molar-refractivity contribution in [2.45, 2.75) is 36.9 Å². The molecule has 0 aromatic carbocycles. The van der Waals surface area contributed by atoms with Crippen LogP contribution in [0.3, 0.4) is 0 Å². The number of halogens is 3. The fraction of sp³-hybridized carbons (Fsp3) is 0.556. The molecule has 0 amide bonds. The molecule has 2 fully saturated rings. The van der Waals surface area contributed by atoms with Gasteiger partial charge in [0.05, 0.1) is 25.4 Å². The Morgan fingerprint density at radius 3 is 2.58 bits per heavy atom. The zero-order valence-corrected chi connectivity index (χ0v) is 18.5. The number of nitriles is 1. The van der Waals surface area contributed by atoms with Crippen molar-refractivity contribution >= 4 is 35.9 Å². The highest BCUT2D eigenvalue weighted by atomic mass is 35.5. The number of hydrogen-bond donors (Lipinski definition) is 4. The fourth-order valence-corrected chi connectivity index (χ4v) is 4.60. The predicted molar refractivity (Wildman–Crippen MR) is 110 cm³/mol. The molecule has 2 saturated heterocycles. The molecule has 0 aliphatic carbocycles. The molecule has 2 aliphatic rings. The quantitative estimate of drug-likeness (QED) is 0.325. The van der Waals surface area contributed by atoms with Gasteiger partial charge >= 0.3 is 7.60 Å². The minimum Gasteiger partial charge on any atom is -0.387 e. The number of nitrogens with zero attached hydrogens (tertiary/aromatic N) is 4. The molecule has 2 aromatic rings. The molecule has 2 aromatic heterocycles. The number of aliphatic hydroxyl groups is 2. The summed E-state index contributed by atoms with van der Waals surface area (Å²) >= 11 is 6.19. The van der Waals surface area contributed by atoms with Crippen LogP contribution < -0.4 is 4.90 Å². The van der Waals surface area contributed by atoms with Crippen molar-refractivity contribution in [2.24, 2.45) is 0 Å². The minimum atomic E-state index is -4.43. The van der Waals surface area contributed by atoms with Crippen LogP contribution in [-0.4, -0.2) is 86.3 Å². The molecule has 4 heterocycles. The molecule has 2 aliphatic heterocycles. The second-order valence-corrected chi connectivity index (χ2v) is 9.79. The summed E-state index contributed by atoms with van der Waals surface area (Å²) in [5, 5.41) is 30.5. The summed E-state index contributed by atoms with van der Waals surface area (Å²) in [6, 6.07) is 3.43. The monoisotopic (exact) mass is 508 g/mol. The highest BCUT2D eigenvalue weighted by Gasteiger charge is 2.45. The number of aromatic nitrogens is 2. The number of pyridine rings is 1. The minimum absolute atomic E-state index is 0.0557. The molecule has 0 bridgehead atoms. The lowest BCUT2D eigenvalue weighted by atomic mass is 10.1. The molecule has 0 saturated carbocycles. The van der Waals surface area contributed by atoms with Crippen molar-refractivity contribution in [3.63, 3.8) is 0 Å². The van der Waals surface area contributed by atoms with E-state index in [0.717, 1.165) is 0 Å². The van der Waals surface area contributed by atoms with E-state index in [2.05, 4.69) is 4.98 Å². The van der Waals surface area contributed by atoms with Gasteiger partial charge in [0.1, 0.15) is 41.9 Å². The standard InChI is InChI=1S/C18H20ClF2N4O7P/c19-16-9(3-22)13(24-4-10(20)11(21)5-24)8-1-2-25(17(8)23-16)18-15(27)14(26)12(32-18)6-31-7-33(28,29)30/h1-2,10-12,14-15,18,26-27H,4-7H2,(H2,28,29,30)/t10-,11+,12-,14-,15-,18-/m1/s1. The Labute approximate surface area is 190 Å². The summed E-state index contributed by atoms with van der Waals surface area (Å²) < 4.78 is 50.5. The number of alkyl halides is 2. The molecule has 15 heteroatoms. The third-order valence-corrected chi connectivity index (χ3v) is 6.35. The average molecular weight is 509 g/mol. The molecule has 0 spiro atoms. The van der Waals surface area contributed by atoms with Crippen LogP contribution in [0.4, 0.5) is 14.5 Å². The smallest absolute Gasteiger partial charge is 0.350 e. The lowest BCUT2D eigenvalue weighted by Crippen LogP contribution is -2.33. The maximum atomic E-state index is 13.9. The van der Waals surface area contributed by atoms with Crippen LogP contribution in [-0.2, 0) is 14.0 Å². The Bertz CT molecular complexity index is 1130. The Kier molecular flexibility index (Phi) is 6.65. The van der Waals surface area contributed by atoms with Crippen molar-refractivity contribution in [1.82, 2.24) is 9.55 Å². The maximum Gasteiger partial charge on any atom is 0.350 e. The van der Waals surface area contributed by atoms with Crippen molar-refractivity contribution in [3.8, 4) is 6.07 Å². The van der Waals surface area contributed by atoms with E-state index in [4.69, 9.17) is 30.9 Å². The first-order valence-corrected chi connectivity index (χ1v) is 12.0. The molecule has 180 valence electrons. The molecule has 0 unspecified atom stereocenters. The summed E-state index contributed by atoms with van der Waals surface area (Å²) in [6.45, 7) is -0.964. The predicted octanol–water partition coefficient (Wildman–Crippen LogP) is 0.829. The molecule has 0 radical (unpaired) electrons. The van der Waals surface area contributed by atoms with Crippen molar-refractivity contribution in [3.05, 3.63) is 23.0 Å². The Balaban J connectivity index is 1.67. The lowest BCUT2D eigenvalue weighted by molar-refractivity contribution is -0.0610. The second-order valence-electron chi connectivity index (χ2n) is 7.85. The number of ether oxygens (including phenoxy) is 2. The van der Waals surface area contributed by atoms with Gasteiger partial charge in [-0.3, -0.25) is 4.57 Å². The average Bonchev–Trinajstić information content (AvgIpc) is 3.37. The topological polar surface area (TPSA) is 161 Å². The van der Waals surface area contributed by atoms with Crippen LogP contribution >= 0.6 is 19.2 Å². The van der Waals surface area contributed by atoms with E-state index in [1.807, 2.05) is 6.07 Å². The van der Waals surface area contributed by atoms with Gasteiger partial charge in [-0.05, 0) is 6.07 Å². The van der Waals surface area contributed by atoms with E-state index in [1.165, 1.54) is 21.7 Å². The maximum absolute atomic E-state index is 13.9. The van der Waals surface area contributed by atoms with Crippen molar-refractivity contribution < 1.29 is 42.8 Å². The molecule has 6 atom stereocenters. The summed E-state index contributed by atoms with van der Waals surface area (Å²) in [7, 11) is -4.43. The Morgan fingerprint density at radius 2 is 1.97 bits per heavy atom. The first kappa shape index (κ1) is 24.3. The van der Waals surface area contributed by atoms with Gasteiger partial charge in [-0.25, -0.2) is 13.8 Å². The van der Waals surface area contributed by atoms with Gasteiger partial charge in [0, 0.05) is 11.6 Å².